The molecule has 4 aromatic rings. The highest BCUT2D eigenvalue weighted by molar-refractivity contribution is 6.09. The van der Waals surface area contributed by atoms with E-state index in [9.17, 15) is 9.59 Å². The number of anilines is 1. The number of rotatable bonds is 7. The van der Waals surface area contributed by atoms with E-state index in [0.29, 0.717) is 28.5 Å². The van der Waals surface area contributed by atoms with Crippen LogP contribution in [-0.4, -0.2) is 43.0 Å². The van der Waals surface area contributed by atoms with Gasteiger partial charge in [0, 0.05) is 17.2 Å². The monoisotopic (exact) mass is 400 g/mol. The third kappa shape index (κ3) is 4.53. The van der Waals surface area contributed by atoms with Gasteiger partial charge in [0.2, 0.25) is 0 Å². The van der Waals surface area contributed by atoms with Gasteiger partial charge in [0.1, 0.15) is 30.5 Å². The lowest BCUT2D eigenvalue weighted by Crippen LogP contribution is -2.21. The molecular weight excluding hydrogens is 384 g/mol. The van der Waals surface area contributed by atoms with Crippen molar-refractivity contribution in [1.29, 1.82) is 0 Å². The van der Waals surface area contributed by atoms with Gasteiger partial charge in [-0.2, -0.15) is 5.10 Å². The minimum absolute atomic E-state index is 0.0770. The predicted octanol–water partition coefficient (Wildman–Crippen LogP) is 2.31. The average molecular weight is 400 g/mol. The molecule has 9 nitrogen and oxygen atoms in total. The van der Waals surface area contributed by atoms with Gasteiger partial charge in [-0.05, 0) is 24.3 Å². The van der Waals surface area contributed by atoms with E-state index in [1.165, 1.54) is 23.7 Å². The number of nitrogens with one attached hydrogen (secondary N) is 1. The number of hydrogen-bond donors (Lipinski definition) is 1. The normalized spacial score (nSPS) is 10.4. The number of hydrogen-bond acceptors (Lipinski definition) is 7. The molecule has 0 aliphatic heterocycles. The predicted molar refractivity (Wildman–Crippen MR) is 107 cm³/mol. The molecule has 4 rings (SSSR count). The molecule has 0 bridgehead atoms. The van der Waals surface area contributed by atoms with Crippen molar-refractivity contribution in [2.45, 2.75) is 0 Å². The number of nitrogens with zero attached hydrogens (tertiary/aromatic N) is 5. The maximum atomic E-state index is 12.4. The molecule has 0 radical (unpaired) electrons. The molecule has 0 unspecified atom stereocenters. The molecule has 2 aromatic carbocycles. The molecule has 0 saturated heterocycles. The molecule has 30 heavy (non-hydrogen) atoms. The molecule has 1 N–H and O–H groups in total. The highest BCUT2D eigenvalue weighted by atomic mass is 16.5. The minimum atomic E-state index is -0.386. The summed E-state index contributed by atoms with van der Waals surface area (Å²) in [4.78, 5) is 36.5. The van der Waals surface area contributed by atoms with Crippen molar-refractivity contribution >= 4 is 17.5 Å². The molecule has 0 saturated carbocycles. The fourth-order valence-corrected chi connectivity index (χ4v) is 2.65. The number of ether oxygens (including phenoxy) is 1. The lowest BCUT2D eigenvalue weighted by atomic mass is 10.0. The highest BCUT2D eigenvalue weighted by Gasteiger charge is 2.10. The Bertz CT molecular complexity index is 1150. The Labute approximate surface area is 171 Å². The summed E-state index contributed by atoms with van der Waals surface area (Å²) in [5, 5.41) is 6.61. The number of carbonyl (C=O) groups excluding carboxylic acids is 2. The van der Waals surface area contributed by atoms with Crippen LogP contribution in [0.15, 0.2) is 79.6 Å². The Morgan fingerprint density at radius 3 is 2.43 bits per heavy atom. The molecule has 2 aromatic heterocycles. The first kappa shape index (κ1) is 18.9. The molecule has 0 atom stereocenters. The molecule has 1 amide bonds. The van der Waals surface area contributed by atoms with Crippen molar-refractivity contribution in [3.05, 3.63) is 90.8 Å². The standard InChI is InChI=1S/C21H16N6O3/c28-20(26-18-10-19(24-13-23-18)27-14-22-12-25-27)11-30-17-8-6-16(7-9-17)21(29)15-4-2-1-3-5-15/h1-10,12-14H,11H2,(H,23,24,26,28). The lowest BCUT2D eigenvalue weighted by Gasteiger charge is -2.08. The molecule has 0 spiro atoms. The molecule has 0 fully saturated rings. The molecular formula is C21H16N6O3. The summed E-state index contributed by atoms with van der Waals surface area (Å²) in [6, 6.07) is 17.2. The molecule has 9 heteroatoms. The summed E-state index contributed by atoms with van der Waals surface area (Å²) in [6.45, 7) is -0.214. The van der Waals surface area contributed by atoms with Crippen molar-refractivity contribution in [3.63, 3.8) is 0 Å². The largest absolute Gasteiger partial charge is 0.484 e. The summed E-state index contributed by atoms with van der Waals surface area (Å²) in [5.74, 6) is 0.792. The summed E-state index contributed by atoms with van der Waals surface area (Å²) >= 11 is 0. The number of aromatic nitrogens is 5. The Morgan fingerprint density at radius 1 is 0.933 bits per heavy atom. The Morgan fingerprint density at radius 2 is 1.70 bits per heavy atom. The summed E-state index contributed by atoms with van der Waals surface area (Å²) < 4.78 is 6.94. The van der Waals surface area contributed by atoms with Crippen LogP contribution in [0.25, 0.3) is 5.82 Å². The van der Waals surface area contributed by atoms with Gasteiger partial charge >= 0.3 is 0 Å². The Hall–Kier alpha value is -4.40. The SMILES string of the molecule is O=C(COc1ccc(C(=O)c2ccccc2)cc1)Nc1cc(-n2cncn2)ncn1. The zero-order chi connectivity index (χ0) is 20.8. The second kappa shape index (κ2) is 8.74. The fourth-order valence-electron chi connectivity index (χ4n) is 2.65. The van der Waals surface area contributed by atoms with Crippen molar-refractivity contribution in [2.24, 2.45) is 0 Å². The zero-order valence-electron chi connectivity index (χ0n) is 15.7. The first-order chi connectivity index (χ1) is 14.7. The maximum absolute atomic E-state index is 12.4. The van der Waals surface area contributed by atoms with Crippen LogP contribution >= 0.6 is 0 Å². The molecule has 148 valence electrons. The number of ketones is 1. The average Bonchev–Trinajstić information content (AvgIpc) is 3.33. The second-order valence-electron chi connectivity index (χ2n) is 6.16. The third-order valence-corrected chi connectivity index (χ3v) is 4.10. The van der Waals surface area contributed by atoms with E-state index in [-0.39, 0.29) is 18.3 Å². The highest BCUT2D eigenvalue weighted by Crippen LogP contribution is 2.16. The number of carbonyl (C=O) groups is 2. The number of amides is 1. The fraction of sp³-hybridized carbons (Fsp3) is 0.0476. The number of benzene rings is 2. The van der Waals surface area contributed by atoms with Crippen molar-refractivity contribution in [1.82, 2.24) is 24.7 Å². The van der Waals surface area contributed by atoms with Crippen LogP contribution in [0.2, 0.25) is 0 Å². The Balaban J connectivity index is 1.33. The van der Waals surface area contributed by atoms with Gasteiger partial charge in [-0.25, -0.2) is 19.6 Å². The summed E-state index contributed by atoms with van der Waals surface area (Å²) in [7, 11) is 0. The van der Waals surface area contributed by atoms with Gasteiger partial charge in [-0.15, -0.1) is 0 Å². The summed E-state index contributed by atoms with van der Waals surface area (Å²) in [6.07, 6.45) is 4.19. The Kier molecular flexibility index (Phi) is 5.52. The zero-order valence-corrected chi connectivity index (χ0v) is 15.7. The van der Waals surface area contributed by atoms with Crippen LogP contribution in [0.1, 0.15) is 15.9 Å². The quantitative estimate of drug-likeness (QED) is 0.474. The van der Waals surface area contributed by atoms with E-state index in [1.807, 2.05) is 18.2 Å². The van der Waals surface area contributed by atoms with E-state index >= 15 is 0 Å². The van der Waals surface area contributed by atoms with E-state index in [0.717, 1.165) is 0 Å². The van der Waals surface area contributed by atoms with Crippen LogP contribution in [0.3, 0.4) is 0 Å². The van der Waals surface area contributed by atoms with Crippen molar-refractivity contribution < 1.29 is 14.3 Å². The van der Waals surface area contributed by atoms with Crippen LogP contribution < -0.4 is 10.1 Å². The molecule has 2 heterocycles. The van der Waals surface area contributed by atoms with Crippen LogP contribution in [0.4, 0.5) is 5.82 Å². The van der Waals surface area contributed by atoms with Crippen LogP contribution in [0.5, 0.6) is 5.75 Å². The lowest BCUT2D eigenvalue weighted by molar-refractivity contribution is -0.118. The van der Waals surface area contributed by atoms with Gasteiger partial charge in [-0.1, -0.05) is 30.3 Å². The van der Waals surface area contributed by atoms with Crippen LogP contribution in [-0.2, 0) is 4.79 Å². The van der Waals surface area contributed by atoms with Gasteiger partial charge in [0.15, 0.2) is 18.2 Å². The van der Waals surface area contributed by atoms with E-state index < -0.39 is 0 Å². The molecule has 0 aliphatic carbocycles. The topological polar surface area (TPSA) is 112 Å². The second-order valence-corrected chi connectivity index (χ2v) is 6.16. The molecule has 0 aliphatic rings. The van der Waals surface area contributed by atoms with Gasteiger partial charge in [0.05, 0.1) is 0 Å². The van der Waals surface area contributed by atoms with Gasteiger partial charge < -0.3 is 10.1 Å². The first-order valence-electron chi connectivity index (χ1n) is 8.98. The van der Waals surface area contributed by atoms with E-state index in [2.05, 4.69) is 25.4 Å². The maximum Gasteiger partial charge on any atom is 0.263 e. The third-order valence-electron chi connectivity index (χ3n) is 4.10. The van der Waals surface area contributed by atoms with Crippen molar-refractivity contribution in [2.75, 3.05) is 11.9 Å². The summed E-state index contributed by atoms with van der Waals surface area (Å²) in [5.41, 5.74) is 1.15. The first-order valence-corrected chi connectivity index (χ1v) is 8.98. The van der Waals surface area contributed by atoms with Crippen molar-refractivity contribution in [3.8, 4) is 11.6 Å². The van der Waals surface area contributed by atoms with E-state index in [4.69, 9.17) is 4.74 Å². The van der Waals surface area contributed by atoms with Crippen LogP contribution in [0, 0.1) is 0 Å². The van der Waals surface area contributed by atoms with E-state index in [1.54, 1.807) is 42.5 Å². The van der Waals surface area contributed by atoms with Gasteiger partial charge in [-0.3, -0.25) is 9.59 Å². The smallest absolute Gasteiger partial charge is 0.263 e. The van der Waals surface area contributed by atoms with Gasteiger partial charge in [0.25, 0.3) is 5.91 Å². The minimum Gasteiger partial charge on any atom is -0.484 e.